The minimum Gasteiger partial charge on any atom is -0.419 e. The molecule has 0 spiro atoms. The van der Waals surface area contributed by atoms with E-state index in [1.807, 2.05) is 18.2 Å². The van der Waals surface area contributed by atoms with E-state index >= 15 is 0 Å². The van der Waals surface area contributed by atoms with Gasteiger partial charge in [-0.05, 0) is 43.7 Å². The van der Waals surface area contributed by atoms with Gasteiger partial charge < -0.3 is 9.73 Å². The molecule has 0 fully saturated rings. The summed E-state index contributed by atoms with van der Waals surface area (Å²) in [5.74, 6) is 1.17. The lowest BCUT2D eigenvalue weighted by molar-refractivity contribution is 0.383. The molecule has 0 atom stereocenters. The zero-order valence-electron chi connectivity index (χ0n) is 12.6. The molecule has 0 saturated heterocycles. The Morgan fingerprint density at radius 3 is 2.52 bits per heavy atom. The molecular formula is C17H19N3O. The van der Waals surface area contributed by atoms with Gasteiger partial charge in [-0.3, -0.25) is 0 Å². The minimum absolute atomic E-state index is 0.0254. The number of aromatic nitrogens is 2. The second kappa shape index (κ2) is 5.30. The molecule has 108 valence electrons. The van der Waals surface area contributed by atoms with Crippen LogP contribution in [0, 0.1) is 0 Å². The summed E-state index contributed by atoms with van der Waals surface area (Å²) in [7, 11) is 0. The van der Waals surface area contributed by atoms with Gasteiger partial charge >= 0.3 is 0 Å². The molecule has 0 aliphatic heterocycles. The summed E-state index contributed by atoms with van der Waals surface area (Å²) in [6.45, 7) is 6.89. The highest BCUT2D eigenvalue weighted by atomic mass is 16.4. The fourth-order valence-electron chi connectivity index (χ4n) is 2.10. The number of hydrogen-bond acceptors (Lipinski definition) is 4. The van der Waals surface area contributed by atoms with Gasteiger partial charge in [-0.25, -0.2) is 0 Å². The van der Waals surface area contributed by atoms with Crippen molar-refractivity contribution < 1.29 is 4.42 Å². The highest BCUT2D eigenvalue weighted by Gasteiger charge is 2.13. The number of nitrogens with one attached hydrogen (secondary N) is 1. The zero-order chi connectivity index (χ0) is 14.9. The van der Waals surface area contributed by atoms with E-state index in [0.717, 1.165) is 5.56 Å². The highest BCUT2D eigenvalue weighted by Crippen LogP contribution is 2.23. The molecule has 1 N–H and O–H groups in total. The predicted molar refractivity (Wildman–Crippen MR) is 83.8 cm³/mol. The molecule has 0 unspecified atom stereocenters. The van der Waals surface area contributed by atoms with E-state index in [4.69, 9.17) is 4.42 Å². The third kappa shape index (κ3) is 3.28. The molecule has 4 heteroatoms. The molecule has 0 bridgehead atoms. The Labute approximate surface area is 124 Å². The summed E-state index contributed by atoms with van der Waals surface area (Å²) in [5, 5.41) is 13.9. The van der Waals surface area contributed by atoms with Crippen molar-refractivity contribution in [3.63, 3.8) is 0 Å². The first kappa shape index (κ1) is 13.8. The van der Waals surface area contributed by atoms with Crippen LogP contribution in [0.25, 0.3) is 22.2 Å². The molecule has 1 heterocycles. The summed E-state index contributed by atoms with van der Waals surface area (Å²) in [5.41, 5.74) is 0.973. The van der Waals surface area contributed by atoms with Crippen molar-refractivity contribution in [1.82, 2.24) is 15.5 Å². The number of fused-ring (bicyclic) bond motifs is 1. The fraction of sp³-hybridized carbons (Fsp3) is 0.294. The maximum atomic E-state index is 5.73. The number of rotatable bonds is 3. The lowest BCUT2D eigenvalue weighted by atomic mass is 10.1. The van der Waals surface area contributed by atoms with Crippen LogP contribution in [-0.2, 0) is 6.54 Å². The lowest BCUT2D eigenvalue weighted by Gasteiger charge is -2.18. The Kier molecular flexibility index (Phi) is 3.47. The molecular weight excluding hydrogens is 262 g/mol. The van der Waals surface area contributed by atoms with Crippen LogP contribution in [0.5, 0.6) is 0 Å². The van der Waals surface area contributed by atoms with Crippen LogP contribution in [0.3, 0.4) is 0 Å². The highest BCUT2D eigenvalue weighted by molar-refractivity contribution is 5.86. The maximum absolute atomic E-state index is 5.73. The van der Waals surface area contributed by atoms with Gasteiger partial charge in [-0.1, -0.05) is 30.3 Å². The van der Waals surface area contributed by atoms with E-state index in [1.54, 1.807) is 0 Å². The normalized spacial score (nSPS) is 12.0. The molecule has 0 amide bonds. The largest absolute Gasteiger partial charge is 0.419 e. The smallest absolute Gasteiger partial charge is 0.247 e. The van der Waals surface area contributed by atoms with E-state index < -0.39 is 0 Å². The Hall–Kier alpha value is -2.20. The Morgan fingerprint density at radius 1 is 1.00 bits per heavy atom. The summed E-state index contributed by atoms with van der Waals surface area (Å²) >= 11 is 0. The van der Waals surface area contributed by atoms with Crippen LogP contribution in [0.15, 0.2) is 46.9 Å². The Bertz CT molecular complexity index is 756. The molecule has 0 saturated carbocycles. The summed E-state index contributed by atoms with van der Waals surface area (Å²) < 4.78 is 5.73. The lowest BCUT2D eigenvalue weighted by Crippen LogP contribution is -2.35. The van der Waals surface area contributed by atoms with E-state index in [9.17, 15) is 0 Å². The molecule has 21 heavy (non-hydrogen) atoms. The van der Waals surface area contributed by atoms with Crippen LogP contribution in [-0.4, -0.2) is 15.7 Å². The van der Waals surface area contributed by atoms with Gasteiger partial charge in [0.2, 0.25) is 11.8 Å². The third-order valence-corrected chi connectivity index (χ3v) is 3.23. The van der Waals surface area contributed by atoms with Crippen molar-refractivity contribution in [3.05, 3.63) is 48.4 Å². The SMILES string of the molecule is CC(C)(C)NCc1nnc(-c2ccc3ccccc3c2)o1. The van der Waals surface area contributed by atoms with Gasteiger partial charge in [0.1, 0.15) is 0 Å². The predicted octanol–water partition coefficient (Wildman–Crippen LogP) is 3.78. The van der Waals surface area contributed by atoms with Crippen molar-refractivity contribution in [2.75, 3.05) is 0 Å². The summed E-state index contributed by atoms with van der Waals surface area (Å²) in [6.07, 6.45) is 0. The van der Waals surface area contributed by atoms with E-state index in [-0.39, 0.29) is 5.54 Å². The first-order valence-corrected chi connectivity index (χ1v) is 7.08. The molecule has 0 radical (unpaired) electrons. The second-order valence-corrected chi connectivity index (χ2v) is 6.17. The average molecular weight is 281 g/mol. The molecule has 0 aliphatic carbocycles. The maximum Gasteiger partial charge on any atom is 0.247 e. The van der Waals surface area contributed by atoms with Gasteiger partial charge in [0.25, 0.3) is 0 Å². The zero-order valence-corrected chi connectivity index (χ0v) is 12.6. The number of hydrogen-bond donors (Lipinski definition) is 1. The van der Waals surface area contributed by atoms with E-state index in [0.29, 0.717) is 18.3 Å². The van der Waals surface area contributed by atoms with Gasteiger partial charge in [0.05, 0.1) is 6.54 Å². The second-order valence-electron chi connectivity index (χ2n) is 6.17. The van der Waals surface area contributed by atoms with Crippen LogP contribution in [0.4, 0.5) is 0 Å². The molecule has 3 rings (SSSR count). The average Bonchev–Trinajstić information content (AvgIpc) is 2.93. The minimum atomic E-state index is 0.0254. The topological polar surface area (TPSA) is 51.0 Å². The molecule has 0 aliphatic rings. The standard InChI is InChI=1S/C17H19N3O/c1-17(2,3)18-11-15-19-20-16(21-15)14-9-8-12-6-4-5-7-13(12)10-14/h4-10,18H,11H2,1-3H3. The van der Waals surface area contributed by atoms with Crippen LogP contribution in [0.1, 0.15) is 26.7 Å². The first-order chi connectivity index (χ1) is 10.0. The van der Waals surface area contributed by atoms with Gasteiger partial charge in [-0.2, -0.15) is 0 Å². The number of nitrogens with zero attached hydrogens (tertiary/aromatic N) is 2. The molecule has 1 aromatic heterocycles. The quantitative estimate of drug-likeness (QED) is 0.793. The Balaban J connectivity index is 1.84. The monoisotopic (exact) mass is 281 g/mol. The van der Waals surface area contributed by atoms with Crippen molar-refractivity contribution in [1.29, 1.82) is 0 Å². The molecule has 3 aromatic rings. The van der Waals surface area contributed by atoms with Gasteiger partial charge in [0, 0.05) is 11.1 Å². The summed E-state index contributed by atoms with van der Waals surface area (Å²) in [4.78, 5) is 0. The van der Waals surface area contributed by atoms with Gasteiger partial charge in [0.15, 0.2) is 0 Å². The number of benzene rings is 2. The summed E-state index contributed by atoms with van der Waals surface area (Å²) in [6, 6.07) is 14.4. The van der Waals surface area contributed by atoms with E-state index in [1.165, 1.54) is 10.8 Å². The van der Waals surface area contributed by atoms with Crippen molar-refractivity contribution >= 4 is 10.8 Å². The van der Waals surface area contributed by atoms with Crippen molar-refractivity contribution in [3.8, 4) is 11.5 Å². The van der Waals surface area contributed by atoms with Crippen LogP contribution in [0.2, 0.25) is 0 Å². The van der Waals surface area contributed by atoms with Crippen molar-refractivity contribution in [2.45, 2.75) is 32.9 Å². The Morgan fingerprint density at radius 2 is 1.76 bits per heavy atom. The molecule has 2 aromatic carbocycles. The van der Waals surface area contributed by atoms with Crippen LogP contribution >= 0.6 is 0 Å². The molecule has 4 nitrogen and oxygen atoms in total. The van der Waals surface area contributed by atoms with Crippen molar-refractivity contribution in [2.24, 2.45) is 0 Å². The van der Waals surface area contributed by atoms with E-state index in [2.05, 4.69) is 60.6 Å². The first-order valence-electron chi connectivity index (χ1n) is 7.08. The van der Waals surface area contributed by atoms with Crippen LogP contribution < -0.4 is 5.32 Å². The van der Waals surface area contributed by atoms with Gasteiger partial charge in [-0.15, -0.1) is 10.2 Å². The third-order valence-electron chi connectivity index (χ3n) is 3.23. The fourth-order valence-corrected chi connectivity index (χ4v) is 2.10.